The Morgan fingerprint density at radius 3 is 2.67 bits per heavy atom. The molecular weight excluding hydrogens is 426 g/mol. The average Bonchev–Trinajstić information content (AvgIpc) is 3.15. The molecule has 0 radical (unpaired) electrons. The molecule has 1 aromatic carbocycles. The summed E-state index contributed by atoms with van der Waals surface area (Å²) in [5.74, 6) is 0.0655. The number of likely N-dealkylation sites (N-methyl/N-ethyl adjacent to an activating group) is 1. The van der Waals surface area contributed by atoms with Gasteiger partial charge in [0.25, 0.3) is 0 Å². The Bertz CT molecular complexity index is 769. The fourth-order valence-electron chi connectivity index (χ4n) is 4.71. The molecule has 0 spiro atoms. The first-order valence-electron chi connectivity index (χ1n) is 9.36. The first kappa shape index (κ1) is 20.5. The molecule has 6 heteroatoms. The zero-order valence-corrected chi connectivity index (χ0v) is 17.9. The van der Waals surface area contributed by atoms with Gasteiger partial charge in [-0.15, -0.1) is 11.3 Å². The number of carbonyl (C=O) groups is 1. The Kier molecular flexibility index (Phi) is 6.11. The lowest BCUT2D eigenvalue weighted by molar-refractivity contribution is -0.925. The van der Waals surface area contributed by atoms with Crippen molar-refractivity contribution in [1.82, 2.24) is 0 Å². The number of quaternary nitrogens is 1. The quantitative estimate of drug-likeness (QED) is 0.531. The van der Waals surface area contributed by atoms with Crippen LogP contribution in [0.5, 0.6) is 0 Å². The van der Waals surface area contributed by atoms with Gasteiger partial charge in [0.15, 0.2) is 6.10 Å². The molecule has 2 aromatic rings. The van der Waals surface area contributed by atoms with Crippen LogP contribution in [0.1, 0.15) is 29.7 Å². The molecular formula is C21H26BrNO3S. The van der Waals surface area contributed by atoms with Crippen LogP contribution in [0.25, 0.3) is 0 Å². The van der Waals surface area contributed by atoms with Gasteiger partial charge in [-0.25, -0.2) is 4.79 Å². The second-order valence-corrected chi connectivity index (χ2v) is 8.98. The number of benzene rings is 1. The molecule has 2 aliphatic heterocycles. The highest BCUT2D eigenvalue weighted by atomic mass is 79.9. The summed E-state index contributed by atoms with van der Waals surface area (Å²) in [5, 5.41) is 13.3. The first-order valence-corrected chi connectivity index (χ1v) is 10.2. The SMILES string of the molecule is C[N+]12CCCC(CC(OC(=O)C(O)(c3ccccc3)c3cccs3)C1)C2.[Br-]. The number of rotatable bonds is 4. The van der Waals surface area contributed by atoms with E-state index in [1.807, 2.05) is 29.6 Å². The van der Waals surface area contributed by atoms with Crippen LogP contribution in [-0.2, 0) is 15.1 Å². The van der Waals surface area contributed by atoms with E-state index in [0.717, 1.165) is 24.0 Å². The Labute approximate surface area is 175 Å². The van der Waals surface area contributed by atoms with E-state index in [1.54, 1.807) is 18.2 Å². The third-order valence-electron chi connectivity index (χ3n) is 5.89. The number of ether oxygens (including phenoxy) is 1. The van der Waals surface area contributed by atoms with E-state index in [0.29, 0.717) is 16.4 Å². The summed E-state index contributed by atoms with van der Waals surface area (Å²) in [6.45, 7) is 3.18. The molecule has 2 bridgehead atoms. The molecule has 0 aliphatic carbocycles. The summed E-state index contributed by atoms with van der Waals surface area (Å²) in [7, 11) is 2.26. The number of piperidine rings is 2. The summed E-state index contributed by atoms with van der Waals surface area (Å²) in [5.41, 5.74) is -1.18. The summed E-state index contributed by atoms with van der Waals surface area (Å²) in [6.07, 6.45) is 3.26. The van der Waals surface area contributed by atoms with E-state index < -0.39 is 11.6 Å². The Morgan fingerprint density at radius 1 is 1.22 bits per heavy atom. The van der Waals surface area contributed by atoms with Gasteiger partial charge in [0.1, 0.15) is 6.54 Å². The van der Waals surface area contributed by atoms with Crippen molar-refractivity contribution in [3.8, 4) is 0 Å². The van der Waals surface area contributed by atoms with Gasteiger partial charge in [0, 0.05) is 11.5 Å². The fourth-order valence-corrected chi connectivity index (χ4v) is 5.54. The first-order chi connectivity index (χ1) is 12.5. The number of halogens is 1. The minimum Gasteiger partial charge on any atom is -1.00 e. The summed E-state index contributed by atoms with van der Waals surface area (Å²) in [6, 6.07) is 12.8. The normalized spacial score (nSPS) is 29.3. The van der Waals surface area contributed by atoms with Crippen LogP contribution in [0.15, 0.2) is 47.8 Å². The highest BCUT2D eigenvalue weighted by Crippen LogP contribution is 2.37. The lowest BCUT2D eigenvalue weighted by Crippen LogP contribution is -3.00. The van der Waals surface area contributed by atoms with Crippen LogP contribution in [0.2, 0.25) is 0 Å². The molecule has 4 unspecified atom stereocenters. The van der Waals surface area contributed by atoms with E-state index >= 15 is 0 Å². The molecule has 4 nitrogen and oxygen atoms in total. The molecule has 1 N–H and O–H groups in total. The second kappa shape index (κ2) is 8.03. The van der Waals surface area contributed by atoms with Crippen molar-refractivity contribution in [2.75, 3.05) is 26.7 Å². The highest BCUT2D eigenvalue weighted by Gasteiger charge is 2.47. The van der Waals surface area contributed by atoms with Gasteiger partial charge in [-0.3, -0.25) is 0 Å². The molecule has 27 heavy (non-hydrogen) atoms. The van der Waals surface area contributed by atoms with Crippen molar-refractivity contribution in [3.63, 3.8) is 0 Å². The number of hydrogen-bond acceptors (Lipinski definition) is 4. The van der Waals surface area contributed by atoms with Gasteiger partial charge in [0.05, 0.1) is 25.0 Å². The number of hydrogen-bond donors (Lipinski definition) is 1. The number of carbonyl (C=O) groups excluding carboxylic acids is 1. The third kappa shape index (κ3) is 3.99. The predicted octanol–water partition coefficient (Wildman–Crippen LogP) is 0.160. The molecule has 2 saturated heterocycles. The second-order valence-electron chi connectivity index (χ2n) is 8.03. The number of thiophene rings is 1. The summed E-state index contributed by atoms with van der Waals surface area (Å²) in [4.78, 5) is 13.8. The molecule has 2 fully saturated rings. The highest BCUT2D eigenvalue weighted by molar-refractivity contribution is 7.10. The molecule has 1 aromatic heterocycles. The van der Waals surface area contributed by atoms with Crippen LogP contribution < -0.4 is 17.0 Å². The van der Waals surface area contributed by atoms with Gasteiger partial charge >= 0.3 is 5.97 Å². The number of aliphatic hydroxyl groups is 1. The van der Waals surface area contributed by atoms with E-state index in [-0.39, 0.29) is 23.1 Å². The van der Waals surface area contributed by atoms with Gasteiger partial charge < -0.3 is 31.3 Å². The third-order valence-corrected chi connectivity index (χ3v) is 6.87. The van der Waals surface area contributed by atoms with E-state index in [2.05, 4.69) is 7.05 Å². The van der Waals surface area contributed by atoms with Crippen molar-refractivity contribution < 1.29 is 36.1 Å². The minimum absolute atomic E-state index is 0. The summed E-state index contributed by atoms with van der Waals surface area (Å²) < 4.78 is 6.92. The maximum Gasteiger partial charge on any atom is 0.349 e. The topological polar surface area (TPSA) is 46.5 Å². The largest absolute Gasteiger partial charge is 1.00 e. The lowest BCUT2D eigenvalue weighted by Gasteiger charge is -2.48. The monoisotopic (exact) mass is 451 g/mol. The van der Waals surface area contributed by atoms with Crippen LogP contribution >= 0.6 is 11.3 Å². The van der Waals surface area contributed by atoms with E-state index in [1.165, 1.54) is 30.7 Å². The van der Waals surface area contributed by atoms with Crippen molar-refractivity contribution in [2.45, 2.75) is 31.0 Å². The number of fused-ring (bicyclic) bond motifs is 2. The van der Waals surface area contributed by atoms with Crippen molar-refractivity contribution in [3.05, 3.63) is 58.3 Å². The molecule has 4 rings (SSSR count). The Hall–Kier alpha value is -1.21. The molecule has 0 saturated carbocycles. The molecule has 0 amide bonds. The minimum atomic E-state index is -1.74. The zero-order valence-electron chi connectivity index (χ0n) is 15.5. The number of nitrogens with zero attached hydrogens (tertiary/aromatic N) is 1. The number of esters is 1. The van der Waals surface area contributed by atoms with Gasteiger partial charge in [-0.05, 0) is 30.7 Å². The van der Waals surface area contributed by atoms with Gasteiger partial charge in [-0.1, -0.05) is 36.4 Å². The van der Waals surface area contributed by atoms with Gasteiger partial charge in [0.2, 0.25) is 5.60 Å². The van der Waals surface area contributed by atoms with Crippen molar-refractivity contribution >= 4 is 17.3 Å². The van der Waals surface area contributed by atoms with Crippen LogP contribution in [-0.4, -0.2) is 48.3 Å². The van der Waals surface area contributed by atoms with Crippen LogP contribution in [0, 0.1) is 5.92 Å². The smallest absolute Gasteiger partial charge is 0.349 e. The maximum absolute atomic E-state index is 13.2. The Balaban J connectivity index is 0.00000210. The zero-order chi connectivity index (χ0) is 18.2. The van der Waals surface area contributed by atoms with E-state index in [9.17, 15) is 9.90 Å². The van der Waals surface area contributed by atoms with Crippen molar-refractivity contribution in [2.24, 2.45) is 5.92 Å². The molecule has 3 heterocycles. The fraction of sp³-hybridized carbons (Fsp3) is 0.476. The average molecular weight is 452 g/mol. The standard InChI is InChI=1S/C21H26NO3S.BrH/c1-22-11-5-7-16(14-22)13-18(15-22)25-20(23)21(24,19-10-6-12-26-19)17-8-3-2-4-9-17;/h2-4,6,8-10,12,16,18,24H,5,7,11,13-15H2,1H3;1H/q+1;/p-1. The molecule has 2 aliphatic rings. The van der Waals surface area contributed by atoms with Gasteiger partial charge in [-0.2, -0.15) is 0 Å². The lowest BCUT2D eigenvalue weighted by atomic mass is 9.86. The maximum atomic E-state index is 13.2. The van der Waals surface area contributed by atoms with E-state index in [4.69, 9.17) is 4.74 Å². The van der Waals surface area contributed by atoms with Crippen LogP contribution in [0.3, 0.4) is 0 Å². The van der Waals surface area contributed by atoms with Crippen molar-refractivity contribution in [1.29, 1.82) is 0 Å². The molecule has 146 valence electrons. The molecule has 4 atom stereocenters. The summed E-state index contributed by atoms with van der Waals surface area (Å²) >= 11 is 1.38. The Morgan fingerprint density at radius 2 is 2.00 bits per heavy atom. The van der Waals surface area contributed by atoms with Crippen LogP contribution in [0.4, 0.5) is 0 Å². The predicted molar refractivity (Wildman–Crippen MR) is 102 cm³/mol.